The Morgan fingerprint density at radius 1 is 1.30 bits per heavy atom. The summed E-state index contributed by atoms with van der Waals surface area (Å²) < 4.78 is 1.04. The second-order valence-corrected chi connectivity index (χ2v) is 6.29. The van der Waals surface area contributed by atoms with Gasteiger partial charge in [0.15, 0.2) is 0 Å². The zero-order valence-electron chi connectivity index (χ0n) is 10.5. The molecule has 2 N–H and O–H groups in total. The SMILES string of the molecule is O=C(Nc1ccc(I)cc1Cl)C1CNc2ccccc21. The second-order valence-electron chi connectivity index (χ2n) is 4.63. The number of anilines is 2. The van der Waals surface area contributed by atoms with Gasteiger partial charge in [-0.2, -0.15) is 0 Å². The van der Waals surface area contributed by atoms with Gasteiger partial charge in [0, 0.05) is 15.8 Å². The number of carbonyl (C=O) groups is 1. The van der Waals surface area contributed by atoms with Gasteiger partial charge in [-0.15, -0.1) is 0 Å². The van der Waals surface area contributed by atoms with Gasteiger partial charge in [0.25, 0.3) is 0 Å². The fraction of sp³-hybridized carbons (Fsp3) is 0.133. The van der Waals surface area contributed by atoms with Crippen molar-refractivity contribution in [1.29, 1.82) is 0 Å². The normalized spacial score (nSPS) is 16.4. The number of hydrogen-bond donors (Lipinski definition) is 2. The monoisotopic (exact) mass is 398 g/mol. The fourth-order valence-corrected chi connectivity index (χ4v) is 3.23. The van der Waals surface area contributed by atoms with Crippen molar-refractivity contribution in [3.8, 4) is 0 Å². The highest BCUT2D eigenvalue weighted by Crippen LogP contribution is 2.32. The molecular weight excluding hydrogens is 387 g/mol. The third-order valence-corrected chi connectivity index (χ3v) is 4.32. The average molecular weight is 399 g/mol. The third-order valence-electron chi connectivity index (χ3n) is 3.34. The van der Waals surface area contributed by atoms with Gasteiger partial charge in [0.1, 0.15) is 0 Å². The standard InChI is InChI=1S/C15H12ClIN2O/c16-12-7-9(17)5-6-14(12)19-15(20)11-8-18-13-4-2-1-3-10(11)13/h1-7,11,18H,8H2,(H,19,20). The Bertz CT molecular complexity index is 675. The summed E-state index contributed by atoms with van der Waals surface area (Å²) in [7, 11) is 0. The van der Waals surface area contributed by atoms with E-state index in [-0.39, 0.29) is 11.8 Å². The van der Waals surface area contributed by atoms with Crippen LogP contribution in [-0.2, 0) is 4.79 Å². The first-order valence-corrected chi connectivity index (χ1v) is 7.69. The van der Waals surface area contributed by atoms with E-state index in [1.165, 1.54) is 0 Å². The van der Waals surface area contributed by atoms with E-state index >= 15 is 0 Å². The Balaban J connectivity index is 1.81. The summed E-state index contributed by atoms with van der Waals surface area (Å²) in [6.45, 7) is 0.618. The van der Waals surface area contributed by atoms with Crippen LogP contribution in [0.25, 0.3) is 0 Å². The molecule has 0 aromatic heterocycles. The van der Waals surface area contributed by atoms with E-state index in [2.05, 4.69) is 33.2 Å². The van der Waals surface area contributed by atoms with Crippen LogP contribution in [0.5, 0.6) is 0 Å². The summed E-state index contributed by atoms with van der Waals surface area (Å²) in [5, 5.41) is 6.71. The molecule has 1 amide bonds. The highest BCUT2D eigenvalue weighted by Gasteiger charge is 2.28. The summed E-state index contributed by atoms with van der Waals surface area (Å²) in [5.41, 5.74) is 2.72. The molecule has 20 heavy (non-hydrogen) atoms. The topological polar surface area (TPSA) is 41.1 Å². The van der Waals surface area contributed by atoms with Crippen LogP contribution in [0.4, 0.5) is 11.4 Å². The van der Waals surface area contributed by atoms with Gasteiger partial charge >= 0.3 is 0 Å². The van der Waals surface area contributed by atoms with Crippen LogP contribution in [-0.4, -0.2) is 12.5 Å². The number of rotatable bonds is 2. The summed E-state index contributed by atoms with van der Waals surface area (Å²) >= 11 is 8.33. The first kappa shape index (κ1) is 13.7. The van der Waals surface area contributed by atoms with E-state index in [1.54, 1.807) is 0 Å². The van der Waals surface area contributed by atoms with Crippen LogP contribution < -0.4 is 10.6 Å². The van der Waals surface area contributed by atoms with E-state index in [1.807, 2.05) is 42.5 Å². The predicted molar refractivity (Wildman–Crippen MR) is 90.5 cm³/mol. The molecule has 0 radical (unpaired) electrons. The number of halogens is 2. The van der Waals surface area contributed by atoms with E-state index in [9.17, 15) is 4.79 Å². The van der Waals surface area contributed by atoms with Crippen molar-refractivity contribution in [3.63, 3.8) is 0 Å². The van der Waals surface area contributed by atoms with Crippen molar-refractivity contribution < 1.29 is 4.79 Å². The zero-order chi connectivity index (χ0) is 14.1. The first-order chi connectivity index (χ1) is 9.65. The predicted octanol–water partition coefficient (Wildman–Crippen LogP) is 4.09. The summed E-state index contributed by atoms with van der Waals surface area (Å²) in [6, 6.07) is 13.5. The molecule has 1 aliphatic rings. The van der Waals surface area contributed by atoms with Crippen molar-refractivity contribution >= 4 is 51.5 Å². The fourth-order valence-electron chi connectivity index (χ4n) is 2.33. The summed E-state index contributed by atoms with van der Waals surface area (Å²) in [4.78, 5) is 12.4. The second kappa shape index (κ2) is 5.61. The van der Waals surface area contributed by atoms with Gasteiger partial charge in [-0.3, -0.25) is 4.79 Å². The molecule has 1 aliphatic heterocycles. The molecule has 5 heteroatoms. The lowest BCUT2D eigenvalue weighted by Crippen LogP contribution is -2.22. The number of fused-ring (bicyclic) bond motifs is 1. The van der Waals surface area contributed by atoms with Crippen LogP contribution in [0.2, 0.25) is 5.02 Å². The number of para-hydroxylation sites is 1. The molecule has 2 aromatic carbocycles. The quantitative estimate of drug-likeness (QED) is 0.748. The van der Waals surface area contributed by atoms with E-state index in [4.69, 9.17) is 11.6 Å². The number of nitrogens with one attached hydrogen (secondary N) is 2. The molecule has 2 aromatic rings. The first-order valence-electron chi connectivity index (χ1n) is 6.24. The molecule has 1 atom stereocenters. The van der Waals surface area contributed by atoms with Crippen molar-refractivity contribution in [1.82, 2.24) is 0 Å². The van der Waals surface area contributed by atoms with E-state index < -0.39 is 0 Å². The minimum atomic E-state index is -0.179. The Labute approximate surface area is 135 Å². The van der Waals surface area contributed by atoms with Gasteiger partial charge < -0.3 is 10.6 Å². The summed E-state index contributed by atoms with van der Waals surface area (Å²) in [5.74, 6) is -0.216. The number of amides is 1. The van der Waals surface area contributed by atoms with E-state index in [0.29, 0.717) is 17.3 Å². The van der Waals surface area contributed by atoms with Crippen molar-refractivity contribution in [3.05, 3.63) is 56.6 Å². The highest BCUT2D eigenvalue weighted by atomic mass is 127. The van der Waals surface area contributed by atoms with Gasteiger partial charge in [-0.25, -0.2) is 0 Å². The van der Waals surface area contributed by atoms with Crippen LogP contribution in [0, 0.1) is 3.57 Å². The molecule has 102 valence electrons. The zero-order valence-corrected chi connectivity index (χ0v) is 13.4. The largest absolute Gasteiger partial charge is 0.384 e. The molecule has 3 nitrogen and oxygen atoms in total. The van der Waals surface area contributed by atoms with Gasteiger partial charge in [-0.1, -0.05) is 29.8 Å². The van der Waals surface area contributed by atoms with Gasteiger partial charge in [0.05, 0.1) is 16.6 Å². The molecule has 3 rings (SSSR count). The Morgan fingerprint density at radius 3 is 2.90 bits per heavy atom. The van der Waals surface area contributed by atoms with Crippen LogP contribution in [0.3, 0.4) is 0 Å². The minimum Gasteiger partial charge on any atom is -0.384 e. The summed E-state index contributed by atoms with van der Waals surface area (Å²) in [6.07, 6.45) is 0. The number of hydrogen-bond acceptors (Lipinski definition) is 2. The van der Waals surface area contributed by atoms with Crippen molar-refractivity contribution in [2.24, 2.45) is 0 Å². The lowest BCUT2D eigenvalue weighted by molar-refractivity contribution is -0.117. The Morgan fingerprint density at radius 2 is 2.10 bits per heavy atom. The molecule has 1 unspecified atom stereocenters. The van der Waals surface area contributed by atoms with E-state index in [0.717, 1.165) is 14.8 Å². The smallest absolute Gasteiger partial charge is 0.233 e. The Hall–Kier alpha value is -1.27. The molecule has 0 saturated carbocycles. The molecule has 0 fully saturated rings. The maximum Gasteiger partial charge on any atom is 0.233 e. The molecule has 0 aliphatic carbocycles. The lowest BCUT2D eigenvalue weighted by Gasteiger charge is -2.12. The average Bonchev–Trinajstić information content (AvgIpc) is 2.86. The molecule has 1 heterocycles. The van der Waals surface area contributed by atoms with Crippen molar-refractivity contribution in [2.75, 3.05) is 17.2 Å². The van der Waals surface area contributed by atoms with Crippen molar-refractivity contribution in [2.45, 2.75) is 5.92 Å². The third kappa shape index (κ3) is 2.62. The Kier molecular flexibility index (Phi) is 3.85. The van der Waals surface area contributed by atoms with Gasteiger partial charge in [-0.05, 0) is 52.4 Å². The van der Waals surface area contributed by atoms with Crippen LogP contribution >= 0.6 is 34.2 Å². The highest BCUT2D eigenvalue weighted by molar-refractivity contribution is 14.1. The van der Waals surface area contributed by atoms with Crippen LogP contribution in [0.1, 0.15) is 11.5 Å². The molecule has 0 bridgehead atoms. The maximum atomic E-state index is 12.4. The maximum absolute atomic E-state index is 12.4. The van der Waals surface area contributed by atoms with Crippen LogP contribution in [0.15, 0.2) is 42.5 Å². The van der Waals surface area contributed by atoms with Gasteiger partial charge in [0.2, 0.25) is 5.91 Å². The number of carbonyl (C=O) groups excluding carboxylic acids is 1. The number of benzene rings is 2. The molecule has 0 spiro atoms. The lowest BCUT2D eigenvalue weighted by atomic mass is 10.0. The molecular formula is C15H12ClIN2O. The minimum absolute atomic E-state index is 0.0365. The molecule has 0 saturated heterocycles.